The van der Waals surface area contributed by atoms with E-state index in [1.807, 2.05) is 36.4 Å². The van der Waals surface area contributed by atoms with Crippen LogP contribution in [0.2, 0.25) is 0 Å². The van der Waals surface area contributed by atoms with Crippen molar-refractivity contribution in [3.05, 3.63) is 91.3 Å². The molecule has 0 aliphatic carbocycles. The van der Waals surface area contributed by atoms with E-state index in [-0.39, 0.29) is 13.3 Å². The van der Waals surface area contributed by atoms with Gasteiger partial charge in [0.1, 0.15) is 0 Å². The molecule has 1 aromatic heterocycles. The normalized spacial score (nSPS) is 11.8. The molecule has 4 amide bonds. The minimum Gasteiger partial charge on any atom is -0.233 e. The summed E-state index contributed by atoms with van der Waals surface area (Å²) in [4.78, 5) is 48.5. The molecule has 0 saturated heterocycles. The smallest absolute Gasteiger partial charge is 0.233 e. The Hall–Kier alpha value is -4.27. The molecule has 0 radical (unpaired) electrons. The number of quaternary nitrogens is 2. The van der Waals surface area contributed by atoms with Gasteiger partial charge in [0, 0.05) is 24.3 Å². The Morgan fingerprint density at radius 1 is 0.636 bits per heavy atom. The Labute approximate surface area is 190 Å². The highest BCUT2D eigenvalue weighted by Gasteiger charge is 2.38. The number of imidazole rings is 1. The van der Waals surface area contributed by atoms with Gasteiger partial charge in [-0.1, -0.05) is 48.5 Å². The van der Waals surface area contributed by atoms with Gasteiger partial charge in [-0.2, -0.15) is 9.13 Å². The van der Waals surface area contributed by atoms with Crippen LogP contribution in [0.1, 0.15) is 0 Å². The lowest BCUT2D eigenvalue weighted by molar-refractivity contribution is -0.683. The second kappa shape index (κ2) is 9.07. The fourth-order valence-electron chi connectivity index (χ4n) is 3.97. The van der Waals surface area contributed by atoms with Gasteiger partial charge in [-0.25, -0.2) is 19.2 Å². The van der Waals surface area contributed by atoms with Crippen molar-refractivity contribution in [2.24, 2.45) is 0 Å². The van der Waals surface area contributed by atoms with Gasteiger partial charge in [0.05, 0.1) is 0 Å². The van der Waals surface area contributed by atoms with E-state index in [4.69, 9.17) is 0 Å². The second-order valence-electron chi connectivity index (χ2n) is 7.78. The highest BCUT2D eigenvalue weighted by Crippen LogP contribution is 2.23. The monoisotopic (exact) mass is 443 g/mol. The third-order valence-corrected chi connectivity index (χ3v) is 5.78. The highest BCUT2D eigenvalue weighted by atomic mass is 16.2. The van der Waals surface area contributed by atoms with Crippen molar-refractivity contribution < 1.29 is 23.7 Å². The van der Waals surface area contributed by atoms with E-state index >= 15 is 0 Å². The van der Waals surface area contributed by atoms with Crippen molar-refractivity contribution in [2.75, 3.05) is 0 Å². The zero-order valence-electron chi connectivity index (χ0n) is 17.8. The van der Waals surface area contributed by atoms with Crippen LogP contribution in [0.4, 0.5) is 11.4 Å². The van der Waals surface area contributed by atoms with Crippen molar-refractivity contribution >= 4 is 48.0 Å². The highest BCUT2D eigenvalue weighted by molar-refractivity contribution is 5.89. The average Bonchev–Trinajstić information content (AvgIpc) is 3.23. The first kappa shape index (κ1) is 21.9. The van der Waals surface area contributed by atoms with Crippen LogP contribution in [0, 0.1) is 0 Å². The molecule has 4 rings (SSSR count). The number of hydrogen-bond donors (Lipinski definition) is 0. The molecular formula is C25H23N4O4+3. The lowest BCUT2D eigenvalue weighted by Gasteiger charge is -2.22. The third kappa shape index (κ3) is 3.89. The maximum Gasteiger partial charge on any atom is 0.317 e. The van der Waals surface area contributed by atoms with E-state index in [1.165, 1.54) is 0 Å². The van der Waals surface area contributed by atoms with Crippen molar-refractivity contribution in [3.8, 4) is 0 Å². The second-order valence-corrected chi connectivity index (χ2v) is 7.78. The summed E-state index contributed by atoms with van der Waals surface area (Å²) in [6.45, 7) is 0.0239. The first-order chi connectivity index (χ1) is 16.1. The van der Waals surface area contributed by atoms with E-state index in [9.17, 15) is 19.2 Å². The number of benzene rings is 3. The Bertz CT molecular complexity index is 1190. The molecule has 0 N–H and O–H groups in total. The number of carbonyl (C=O) groups is 4. The molecule has 0 unspecified atom stereocenters. The molecule has 0 aliphatic rings. The van der Waals surface area contributed by atoms with E-state index < -0.39 is 8.97 Å². The van der Waals surface area contributed by atoms with Gasteiger partial charge in [-0.3, -0.25) is 0 Å². The van der Waals surface area contributed by atoms with Gasteiger partial charge >= 0.3 is 25.6 Å². The molecule has 164 valence electrons. The summed E-state index contributed by atoms with van der Waals surface area (Å²) >= 11 is 0. The number of para-hydroxylation sites is 4. The first-order valence-corrected chi connectivity index (χ1v) is 10.3. The van der Waals surface area contributed by atoms with Crippen LogP contribution in [-0.2, 0) is 32.5 Å². The minimum atomic E-state index is -0.570. The van der Waals surface area contributed by atoms with Crippen LogP contribution in [0.3, 0.4) is 0 Å². The minimum absolute atomic E-state index is 0.0119. The number of aromatic nitrogens is 2. The zero-order chi connectivity index (χ0) is 23.3. The fraction of sp³-hybridized carbons (Fsp3) is 0.0800. The maximum atomic E-state index is 12.1. The molecule has 4 aromatic rings. The molecular weight excluding hydrogens is 420 g/mol. The van der Waals surface area contributed by atoms with Crippen molar-refractivity contribution in [1.29, 1.82) is 0 Å². The number of carbonyl (C=O) groups excluding carboxylic acids is 4. The molecule has 33 heavy (non-hydrogen) atoms. The zero-order valence-corrected chi connectivity index (χ0v) is 17.8. The van der Waals surface area contributed by atoms with Gasteiger partial charge in [0.25, 0.3) is 6.33 Å². The number of nitrogens with zero attached hydrogens (tertiary/aromatic N) is 4. The molecule has 0 aliphatic heterocycles. The topological polar surface area (TPSA) is 77.1 Å². The molecule has 3 aromatic carbocycles. The summed E-state index contributed by atoms with van der Waals surface area (Å²) in [5, 5.41) is 0. The summed E-state index contributed by atoms with van der Waals surface area (Å²) in [5.74, 6) is 0. The Kier molecular flexibility index (Phi) is 6.03. The predicted molar refractivity (Wildman–Crippen MR) is 123 cm³/mol. The number of amides is 4. The molecule has 8 nitrogen and oxygen atoms in total. The summed E-state index contributed by atoms with van der Waals surface area (Å²) in [6.07, 6.45) is 4.12. The lowest BCUT2D eigenvalue weighted by atomic mass is 10.2. The summed E-state index contributed by atoms with van der Waals surface area (Å²) < 4.78 is 2.42. The molecule has 0 saturated carbocycles. The van der Waals surface area contributed by atoms with E-state index in [1.54, 1.807) is 64.0 Å². The lowest BCUT2D eigenvalue weighted by Crippen LogP contribution is -2.56. The number of fused-ring (bicyclic) bond motifs is 1. The van der Waals surface area contributed by atoms with Crippen LogP contribution in [-0.4, -0.2) is 30.2 Å². The predicted octanol–water partition coefficient (Wildman–Crippen LogP) is 2.48. The standard InChI is InChI=1S/C25H23N4O4/c30-18-28(19-31,22-9-3-1-4-10-22)16-26-15-27(25-14-8-7-13-24(25)26)17-29(20-32,21-33)23-11-5-2-6-12-23/h1-15,18-21H,16-17H2/q+3. The van der Waals surface area contributed by atoms with Gasteiger partial charge in [0.2, 0.25) is 13.3 Å². The van der Waals surface area contributed by atoms with Gasteiger partial charge in [0.15, 0.2) is 22.4 Å². The summed E-state index contributed by atoms with van der Waals surface area (Å²) in [6, 6.07) is 25.0. The molecule has 0 fully saturated rings. The largest absolute Gasteiger partial charge is 0.317 e. The van der Waals surface area contributed by atoms with Crippen LogP contribution in [0.25, 0.3) is 11.0 Å². The summed E-state index contributed by atoms with van der Waals surface area (Å²) in [5.41, 5.74) is 2.56. The van der Waals surface area contributed by atoms with Crippen LogP contribution in [0.5, 0.6) is 0 Å². The van der Waals surface area contributed by atoms with Crippen LogP contribution >= 0.6 is 0 Å². The van der Waals surface area contributed by atoms with Crippen molar-refractivity contribution in [1.82, 2.24) is 13.5 Å². The number of hydrogen-bond acceptors (Lipinski definition) is 4. The van der Waals surface area contributed by atoms with E-state index in [2.05, 4.69) is 0 Å². The Morgan fingerprint density at radius 2 is 1.12 bits per heavy atom. The van der Waals surface area contributed by atoms with E-state index in [0.717, 1.165) is 11.0 Å². The van der Waals surface area contributed by atoms with Crippen molar-refractivity contribution in [3.63, 3.8) is 0 Å². The maximum absolute atomic E-state index is 12.1. The molecule has 0 atom stereocenters. The third-order valence-electron chi connectivity index (χ3n) is 5.78. The van der Waals surface area contributed by atoms with Gasteiger partial charge in [-0.15, -0.1) is 8.97 Å². The number of imide groups is 2. The Morgan fingerprint density at radius 3 is 1.67 bits per heavy atom. The fourth-order valence-corrected chi connectivity index (χ4v) is 3.97. The molecule has 8 heteroatoms. The van der Waals surface area contributed by atoms with Gasteiger partial charge in [-0.05, 0) is 12.1 Å². The molecule has 0 spiro atoms. The van der Waals surface area contributed by atoms with Crippen LogP contribution < -0.4 is 13.5 Å². The van der Waals surface area contributed by atoms with Crippen LogP contribution in [0.15, 0.2) is 91.3 Å². The van der Waals surface area contributed by atoms with Crippen molar-refractivity contribution in [2.45, 2.75) is 13.3 Å². The quantitative estimate of drug-likeness (QED) is 0.214. The SMILES string of the molecule is O=C[N+](C=O)(Cn1c[n+](C[N+](C=O)(C=O)c2ccccc2)c2ccccc21)c1ccccc1. The van der Waals surface area contributed by atoms with Gasteiger partial charge < -0.3 is 0 Å². The first-order valence-electron chi connectivity index (χ1n) is 10.3. The molecule has 1 heterocycles. The Balaban J connectivity index is 1.82. The average molecular weight is 443 g/mol. The van der Waals surface area contributed by atoms with E-state index in [0.29, 0.717) is 37.0 Å². The summed E-state index contributed by atoms with van der Waals surface area (Å²) in [7, 11) is 0. The molecule has 0 bridgehead atoms. The number of rotatable bonds is 10.